The number of hydrogen-bond acceptors (Lipinski definition) is 2. The quantitative estimate of drug-likeness (QED) is 0.743. The van der Waals surface area contributed by atoms with Crippen LogP contribution in [0.5, 0.6) is 0 Å². The second kappa shape index (κ2) is 5.84. The average molecular weight is 413 g/mol. The van der Waals surface area contributed by atoms with Crippen molar-refractivity contribution in [1.29, 1.82) is 0 Å². The van der Waals surface area contributed by atoms with Crippen molar-refractivity contribution >= 4 is 41.9 Å². The standard InChI is InChI=1S/C13H19Br2NO2S/c1-9(13(2,3)4)16(5)19(17,18)12-7-6-10(14)8-11(12)15/h6-9H,1-5H3. The summed E-state index contributed by atoms with van der Waals surface area (Å²) in [5, 5.41) is 0. The Hall–Kier alpha value is 0.0900. The van der Waals surface area contributed by atoms with Crippen molar-refractivity contribution in [2.45, 2.75) is 38.6 Å². The van der Waals surface area contributed by atoms with E-state index < -0.39 is 10.0 Å². The SMILES string of the molecule is CC(N(C)S(=O)(=O)c1ccc(Br)cc1Br)C(C)(C)C. The predicted molar refractivity (Wildman–Crippen MR) is 85.7 cm³/mol. The lowest BCUT2D eigenvalue weighted by Crippen LogP contribution is -2.42. The lowest BCUT2D eigenvalue weighted by atomic mass is 9.88. The van der Waals surface area contributed by atoms with Crippen LogP contribution < -0.4 is 0 Å². The van der Waals surface area contributed by atoms with Crippen LogP contribution in [0.25, 0.3) is 0 Å². The number of halogens is 2. The predicted octanol–water partition coefficient (Wildman–Crippen LogP) is 4.27. The van der Waals surface area contributed by atoms with E-state index in [1.54, 1.807) is 25.2 Å². The molecule has 0 bridgehead atoms. The third-order valence-corrected chi connectivity index (χ3v) is 6.75. The highest BCUT2D eigenvalue weighted by Crippen LogP contribution is 2.31. The summed E-state index contributed by atoms with van der Waals surface area (Å²) in [6.07, 6.45) is 0. The minimum atomic E-state index is -3.50. The van der Waals surface area contributed by atoms with Gasteiger partial charge in [0.2, 0.25) is 10.0 Å². The van der Waals surface area contributed by atoms with Gasteiger partial charge in [-0.15, -0.1) is 0 Å². The van der Waals surface area contributed by atoms with Crippen LogP contribution in [0, 0.1) is 5.41 Å². The first-order valence-corrected chi connectivity index (χ1v) is 8.93. The van der Waals surface area contributed by atoms with E-state index in [0.29, 0.717) is 4.47 Å². The normalized spacial score (nSPS) is 14.7. The third-order valence-electron chi connectivity index (χ3n) is 3.35. The van der Waals surface area contributed by atoms with Crippen molar-refractivity contribution in [3.63, 3.8) is 0 Å². The van der Waals surface area contributed by atoms with Gasteiger partial charge < -0.3 is 0 Å². The first kappa shape index (κ1) is 17.1. The van der Waals surface area contributed by atoms with E-state index >= 15 is 0 Å². The Morgan fingerprint density at radius 2 is 1.74 bits per heavy atom. The molecule has 0 aliphatic rings. The molecule has 0 saturated heterocycles. The van der Waals surface area contributed by atoms with E-state index in [1.807, 2.05) is 27.7 Å². The number of rotatable bonds is 3. The number of benzene rings is 1. The van der Waals surface area contributed by atoms with Gasteiger partial charge in [0, 0.05) is 22.0 Å². The molecule has 0 aromatic heterocycles. The van der Waals surface area contributed by atoms with Crippen molar-refractivity contribution < 1.29 is 8.42 Å². The lowest BCUT2D eigenvalue weighted by Gasteiger charge is -2.34. The molecule has 0 aliphatic heterocycles. The number of hydrogen-bond donors (Lipinski definition) is 0. The molecule has 0 spiro atoms. The van der Waals surface area contributed by atoms with Gasteiger partial charge in [0.05, 0.1) is 4.90 Å². The number of nitrogens with zero attached hydrogens (tertiary/aromatic N) is 1. The maximum Gasteiger partial charge on any atom is 0.244 e. The molecule has 0 radical (unpaired) electrons. The molecule has 0 fully saturated rings. The Labute approximate surface area is 132 Å². The molecule has 1 rings (SSSR count). The van der Waals surface area contributed by atoms with Crippen LogP contribution in [0.4, 0.5) is 0 Å². The second-order valence-electron chi connectivity index (χ2n) is 5.64. The minimum absolute atomic E-state index is 0.104. The van der Waals surface area contributed by atoms with Gasteiger partial charge in [0.15, 0.2) is 0 Å². The molecular formula is C13H19Br2NO2S. The smallest absolute Gasteiger partial charge is 0.207 e. The maximum atomic E-state index is 12.6. The van der Waals surface area contributed by atoms with Crippen molar-refractivity contribution in [3.8, 4) is 0 Å². The van der Waals surface area contributed by atoms with Crippen LogP contribution >= 0.6 is 31.9 Å². The van der Waals surface area contributed by atoms with Gasteiger partial charge in [-0.25, -0.2) is 8.42 Å². The summed E-state index contributed by atoms with van der Waals surface area (Å²) in [4.78, 5) is 0.286. The molecule has 0 aliphatic carbocycles. The van der Waals surface area contributed by atoms with Crippen molar-refractivity contribution in [2.75, 3.05) is 7.05 Å². The van der Waals surface area contributed by atoms with Gasteiger partial charge in [-0.1, -0.05) is 36.7 Å². The lowest BCUT2D eigenvalue weighted by molar-refractivity contribution is 0.216. The van der Waals surface area contributed by atoms with E-state index in [0.717, 1.165) is 4.47 Å². The summed E-state index contributed by atoms with van der Waals surface area (Å²) >= 11 is 6.64. The monoisotopic (exact) mass is 411 g/mol. The van der Waals surface area contributed by atoms with Crippen molar-refractivity contribution in [3.05, 3.63) is 27.1 Å². The highest BCUT2D eigenvalue weighted by Gasteiger charge is 2.33. The van der Waals surface area contributed by atoms with Gasteiger partial charge in [0.25, 0.3) is 0 Å². The molecule has 1 aromatic rings. The van der Waals surface area contributed by atoms with Crippen LogP contribution in [0.1, 0.15) is 27.7 Å². The van der Waals surface area contributed by atoms with Crippen molar-refractivity contribution in [2.24, 2.45) is 5.41 Å². The Kier molecular flexibility index (Phi) is 5.26. The van der Waals surface area contributed by atoms with Crippen LogP contribution in [0.15, 0.2) is 32.0 Å². The fourth-order valence-corrected chi connectivity index (χ4v) is 4.84. The Morgan fingerprint density at radius 1 is 1.21 bits per heavy atom. The summed E-state index contributed by atoms with van der Waals surface area (Å²) in [5.74, 6) is 0. The molecule has 1 aromatic carbocycles. The molecule has 1 unspecified atom stereocenters. The van der Waals surface area contributed by atoms with E-state index in [-0.39, 0.29) is 16.4 Å². The fourth-order valence-electron chi connectivity index (χ4n) is 1.59. The van der Waals surface area contributed by atoms with Gasteiger partial charge in [-0.05, 0) is 46.5 Å². The van der Waals surface area contributed by atoms with Gasteiger partial charge >= 0.3 is 0 Å². The van der Waals surface area contributed by atoms with Crippen LogP contribution in [0.2, 0.25) is 0 Å². The summed E-state index contributed by atoms with van der Waals surface area (Å²) in [6, 6.07) is 4.97. The van der Waals surface area contributed by atoms with E-state index in [1.165, 1.54) is 4.31 Å². The van der Waals surface area contributed by atoms with E-state index in [4.69, 9.17) is 0 Å². The minimum Gasteiger partial charge on any atom is -0.207 e. The Bertz CT molecular complexity index is 564. The Morgan fingerprint density at radius 3 is 2.16 bits per heavy atom. The second-order valence-corrected chi connectivity index (χ2v) is 9.37. The molecule has 0 N–H and O–H groups in total. The van der Waals surface area contributed by atoms with E-state index in [2.05, 4.69) is 31.9 Å². The summed E-state index contributed by atoms with van der Waals surface area (Å²) in [7, 11) is -1.88. The van der Waals surface area contributed by atoms with E-state index in [9.17, 15) is 8.42 Å². The molecule has 1 atom stereocenters. The van der Waals surface area contributed by atoms with Crippen LogP contribution in [-0.2, 0) is 10.0 Å². The molecule has 0 amide bonds. The summed E-state index contributed by atoms with van der Waals surface area (Å²) < 4.78 is 28.1. The Balaban J connectivity index is 3.24. The molecule has 0 saturated carbocycles. The number of sulfonamides is 1. The van der Waals surface area contributed by atoms with Crippen LogP contribution in [0.3, 0.4) is 0 Å². The molecule has 0 heterocycles. The van der Waals surface area contributed by atoms with Gasteiger partial charge in [0.1, 0.15) is 0 Å². The zero-order chi connectivity index (χ0) is 15.0. The van der Waals surface area contributed by atoms with Crippen molar-refractivity contribution in [1.82, 2.24) is 4.31 Å². The molecule has 108 valence electrons. The van der Waals surface area contributed by atoms with Gasteiger partial charge in [-0.2, -0.15) is 4.31 Å². The molecular weight excluding hydrogens is 394 g/mol. The molecule has 3 nitrogen and oxygen atoms in total. The molecule has 19 heavy (non-hydrogen) atoms. The van der Waals surface area contributed by atoms with Crippen LogP contribution in [-0.4, -0.2) is 25.8 Å². The third kappa shape index (κ3) is 3.80. The largest absolute Gasteiger partial charge is 0.244 e. The fraction of sp³-hybridized carbons (Fsp3) is 0.538. The zero-order valence-corrected chi connectivity index (χ0v) is 15.7. The average Bonchev–Trinajstić information content (AvgIpc) is 2.25. The highest BCUT2D eigenvalue weighted by atomic mass is 79.9. The molecule has 6 heteroatoms. The van der Waals surface area contributed by atoms with Gasteiger partial charge in [-0.3, -0.25) is 0 Å². The zero-order valence-electron chi connectivity index (χ0n) is 11.7. The topological polar surface area (TPSA) is 37.4 Å². The first-order chi connectivity index (χ1) is 8.48. The summed E-state index contributed by atoms with van der Waals surface area (Å²) in [6.45, 7) is 8.01. The highest BCUT2D eigenvalue weighted by molar-refractivity contribution is 9.11. The first-order valence-electron chi connectivity index (χ1n) is 5.91. The summed E-state index contributed by atoms with van der Waals surface area (Å²) in [5.41, 5.74) is -0.121. The maximum absolute atomic E-state index is 12.6.